The number of nitrogens with zero attached hydrogens (tertiary/aromatic N) is 2. The van der Waals surface area contributed by atoms with Crippen LogP contribution in [-0.2, 0) is 16.1 Å². The standard InChI is InChI=1S/C17H26N2O3/c1-18(12-14-4-6-15(21-2)7-5-14)17(20)13-19-10-8-16(22-3)9-11-19/h4-7,16H,8-13H2,1-3H3. The van der Waals surface area contributed by atoms with E-state index in [1.807, 2.05) is 31.3 Å². The minimum absolute atomic E-state index is 0.159. The zero-order valence-electron chi connectivity index (χ0n) is 13.7. The van der Waals surface area contributed by atoms with E-state index in [4.69, 9.17) is 9.47 Å². The molecule has 0 unspecified atom stereocenters. The number of amides is 1. The van der Waals surface area contributed by atoms with Gasteiger partial charge in [-0.1, -0.05) is 12.1 Å². The largest absolute Gasteiger partial charge is 0.497 e. The Balaban J connectivity index is 1.79. The van der Waals surface area contributed by atoms with E-state index in [9.17, 15) is 4.79 Å². The van der Waals surface area contributed by atoms with Gasteiger partial charge in [-0.25, -0.2) is 0 Å². The van der Waals surface area contributed by atoms with E-state index < -0.39 is 0 Å². The lowest BCUT2D eigenvalue weighted by Crippen LogP contribution is -2.43. The SMILES string of the molecule is COc1ccc(CN(C)C(=O)CN2CCC(OC)CC2)cc1. The molecule has 1 fully saturated rings. The van der Waals surface area contributed by atoms with Gasteiger partial charge in [0, 0.05) is 33.8 Å². The monoisotopic (exact) mass is 306 g/mol. The quantitative estimate of drug-likeness (QED) is 0.803. The maximum absolute atomic E-state index is 12.3. The van der Waals surface area contributed by atoms with E-state index in [2.05, 4.69) is 4.90 Å². The first-order valence-electron chi connectivity index (χ1n) is 7.74. The van der Waals surface area contributed by atoms with Gasteiger partial charge in [-0.2, -0.15) is 0 Å². The summed E-state index contributed by atoms with van der Waals surface area (Å²) >= 11 is 0. The number of benzene rings is 1. The van der Waals surface area contributed by atoms with Crippen LogP contribution in [0, 0.1) is 0 Å². The number of rotatable bonds is 6. The number of hydrogen-bond donors (Lipinski definition) is 0. The van der Waals surface area contributed by atoms with Crippen LogP contribution in [0.4, 0.5) is 0 Å². The third kappa shape index (κ3) is 4.71. The van der Waals surface area contributed by atoms with E-state index in [0.29, 0.717) is 19.2 Å². The maximum atomic E-state index is 12.3. The van der Waals surface area contributed by atoms with Crippen molar-refractivity contribution in [3.63, 3.8) is 0 Å². The van der Waals surface area contributed by atoms with Crippen molar-refractivity contribution in [2.75, 3.05) is 40.9 Å². The molecular weight excluding hydrogens is 280 g/mol. The van der Waals surface area contributed by atoms with E-state index in [1.54, 1.807) is 19.1 Å². The van der Waals surface area contributed by atoms with Crippen molar-refractivity contribution >= 4 is 5.91 Å². The average molecular weight is 306 g/mol. The second kappa shape index (κ2) is 8.15. The van der Waals surface area contributed by atoms with E-state index in [1.165, 1.54) is 0 Å². The third-order valence-electron chi connectivity index (χ3n) is 4.23. The van der Waals surface area contributed by atoms with Crippen molar-refractivity contribution in [2.45, 2.75) is 25.5 Å². The number of likely N-dealkylation sites (tertiary alicyclic amines) is 1. The van der Waals surface area contributed by atoms with Crippen LogP contribution in [0.25, 0.3) is 0 Å². The van der Waals surface area contributed by atoms with Crippen LogP contribution < -0.4 is 4.74 Å². The lowest BCUT2D eigenvalue weighted by Gasteiger charge is -2.31. The summed E-state index contributed by atoms with van der Waals surface area (Å²) in [6.45, 7) is 2.97. The van der Waals surface area contributed by atoms with Gasteiger partial charge in [0.05, 0.1) is 19.8 Å². The first-order valence-corrected chi connectivity index (χ1v) is 7.74. The molecule has 0 aromatic heterocycles. The molecule has 1 heterocycles. The molecule has 0 saturated carbocycles. The normalized spacial score (nSPS) is 16.5. The number of carbonyl (C=O) groups excluding carboxylic acids is 1. The summed E-state index contributed by atoms with van der Waals surface area (Å²) < 4.78 is 10.5. The molecule has 1 amide bonds. The number of hydrogen-bond acceptors (Lipinski definition) is 4. The van der Waals surface area contributed by atoms with Gasteiger partial charge in [0.25, 0.3) is 0 Å². The summed E-state index contributed by atoms with van der Waals surface area (Å²) in [5.74, 6) is 0.991. The van der Waals surface area contributed by atoms with Crippen LogP contribution >= 0.6 is 0 Å². The third-order valence-corrected chi connectivity index (χ3v) is 4.23. The number of methoxy groups -OCH3 is 2. The van der Waals surface area contributed by atoms with Crippen LogP contribution in [0.1, 0.15) is 18.4 Å². The van der Waals surface area contributed by atoms with E-state index in [-0.39, 0.29) is 5.91 Å². The summed E-state index contributed by atoms with van der Waals surface area (Å²) in [7, 11) is 5.26. The lowest BCUT2D eigenvalue weighted by atomic mass is 10.1. The van der Waals surface area contributed by atoms with Crippen LogP contribution in [0.2, 0.25) is 0 Å². The first-order chi connectivity index (χ1) is 10.6. The van der Waals surface area contributed by atoms with Crippen LogP contribution in [-0.4, -0.2) is 62.7 Å². The molecule has 122 valence electrons. The molecule has 1 aliphatic heterocycles. The summed E-state index contributed by atoms with van der Waals surface area (Å²) in [4.78, 5) is 16.3. The van der Waals surface area contributed by atoms with Crippen LogP contribution in [0.3, 0.4) is 0 Å². The Morgan fingerprint density at radius 3 is 2.41 bits per heavy atom. The fraction of sp³-hybridized carbons (Fsp3) is 0.588. The van der Waals surface area contributed by atoms with Gasteiger partial charge in [-0.15, -0.1) is 0 Å². The minimum atomic E-state index is 0.159. The van der Waals surface area contributed by atoms with Crippen molar-refractivity contribution in [3.8, 4) is 5.75 Å². The molecule has 2 rings (SSSR count). The highest BCUT2D eigenvalue weighted by Gasteiger charge is 2.21. The molecular formula is C17H26N2O3. The van der Waals surface area contributed by atoms with Gasteiger partial charge in [-0.05, 0) is 30.5 Å². The van der Waals surface area contributed by atoms with Crippen molar-refractivity contribution in [1.82, 2.24) is 9.80 Å². The maximum Gasteiger partial charge on any atom is 0.236 e. The number of piperidine rings is 1. The molecule has 22 heavy (non-hydrogen) atoms. The Bertz CT molecular complexity index is 467. The zero-order chi connectivity index (χ0) is 15.9. The summed E-state index contributed by atoms with van der Waals surface area (Å²) in [6, 6.07) is 7.83. The van der Waals surface area contributed by atoms with Crippen molar-refractivity contribution < 1.29 is 14.3 Å². The molecule has 0 spiro atoms. The second-order valence-electron chi connectivity index (χ2n) is 5.81. The van der Waals surface area contributed by atoms with Gasteiger partial charge in [0.15, 0.2) is 0 Å². The van der Waals surface area contributed by atoms with Crippen LogP contribution in [0.5, 0.6) is 5.75 Å². The molecule has 1 saturated heterocycles. The first kappa shape index (κ1) is 16.8. The van der Waals surface area contributed by atoms with Crippen molar-refractivity contribution in [3.05, 3.63) is 29.8 Å². The topological polar surface area (TPSA) is 42.0 Å². The highest BCUT2D eigenvalue weighted by Crippen LogP contribution is 2.14. The number of ether oxygens (including phenoxy) is 2. The lowest BCUT2D eigenvalue weighted by molar-refractivity contribution is -0.132. The molecule has 0 atom stereocenters. The van der Waals surface area contributed by atoms with Gasteiger partial charge in [0.2, 0.25) is 5.91 Å². The Hall–Kier alpha value is -1.59. The Morgan fingerprint density at radius 2 is 1.86 bits per heavy atom. The highest BCUT2D eigenvalue weighted by atomic mass is 16.5. The average Bonchev–Trinajstić information content (AvgIpc) is 2.56. The zero-order valence-corrected chi connectivity index (χ0v) is 13.7. The number of carbonyl (C=O) groups is 1. The van der Waals surface area contributed by atoms with Gasteiger partial charge in [-0.3, -0.25) is 9.69 Å². The van der Waals surface area contributed by atoms with Crippen molar-refractivity contribution in [1.29, 1.82) is 0 Å². The molecule has 1 aromatic carbocycles. The molecule has 5 heteroatoms. The minimum Gasteiger partial charge on any atom is -0.497 e. The molecule has 5 nitrogen and oxygen atoms in total. The van der Waals surface area contributed by atoms with Crippen LogP contribution in [0.15, 0.2) is 24.3 Å². The van der Waals surface area contributed by atoms with Crippen molar-refractivity contribution in [2.24, 2.45) is 0 Å². The Kier molecular flexibility index (Phi) is 6.21. The Labute approximate surface area is 132 Å². The second-order valence-corrected chi connectivity index (χ2v) is 5.81. The predicted octanol–water partition coefficient (Wildman–Crippen LogP) is 1.76. The Morgan fingerprint density at radius 1 is 1.23 bits per heavy atom. The fourth-order valence-electron chi connectivity index (χ4n) is 2.71. The van der Waals surface area contributed by atoms with Gasteiger partial charge in [0.1, 0.15) is 5.75 Å². The fourth-order valence-corrected chi connectivity index (χ4v) is 2.71. The molecule has 0 N–H and O–H groups in total. The highest BCUT2D eigenvalue weighted by molar-refractivity contribution is 5.78. The molecule has 1 aromatic rings. The van der Waals surface area contributed by atoms with E-state index >= 15 is 0 Å². The number of likely N-dealkylation sites (N-methyl/N-ethyl adjacent to an activating group) is 1. The summed E-state index contributed by atoms with van der Waals surface area (Å²) in [5.41, 5.74) is 1.11. The van der Waals surface area contributed by atoms with E-state index in [0.717, 1.165) is 37.2 Å². The summed E-state index contributed by atoms with van der Waals surface area (Å²) in [6.07, 6.45) is 2.36. The van der Waals surface area contributed by atoms with Gasteiger partial charge < -0.3 is 14.4 Å². The molecule has 0 aliphatic carbocycles. The molecule has 0 radical (unpaired) electrons. The van der Waals surface area contributed by atoms with Gasteiger partial charge >= 0.3 is 0 Å². The summed E-state index contributed by atoms with van der Waals surface area (Å²) in [5, 5.41) is 0. The molecule has 0 bridgehead atoms. The molecule has 1 aliphatic rings. The smallest absolute Gasteiger partial charge is 0.236 e. The predicted molar refractivity (Wildman–Crippen MR) is 85.9 cm³/mol.